The number of carbonyl (C=O) groups is 1. The summed E-state index contributed by atoms with van der Waals surface area (Å²) in [6.07, 6.45) is 0.547. The average Bonchev–Trinajstić information content (AvgIpc) is 3.26. The van der Waals surface area contributed by atoms with Crippen LogP contribution in [0.3, 0.4) is 0 Å². The number of carbonyl (C=O) groups excluding carboxylic acids is 1. The van der Waals surface area contributed by atoms with Gasteiger partial charge in [-0.1, -0.05) is 18.1 Å². The summed E-state index contributed by atoms with van der Waals surface area (Å²) in [4.78, 5) is 25.3. The van der Waals surface area contributed by atoms with Gasteiger partial charge in [-0.3, -0.25) is 4.90 Å². The number of benzene rings is 1. The van der Waals surface area contributed by atoms with Crippen LogP contribution in [0.15, 0.2) is 42.5 Å². The number of methoxy groups -OCH3 is 1. The molecule has 0 saturated heterocycles. The topological polar surface area (TPSA) is 138 Å². The van der Waals surface area contributed by atoms with Crippen LogP contribution in [0.4, 0.5) is 26.5 Å². The second-order valence-corrected chi connectivity index (χ2v) is 6.13. The summed E-state index contributed by atoms with van der Waals surface area (Å²) < 4.78 is 69.0. The number of ether oxygens (including phenoxy) is 1. The molecular weight excluding hydrogens is 403 g/mol. The normalized spacial score (nSPS) is 14.2. The second-order valence-electron chi connectivity index (χ2n) is 6.13. The third-order valence-electron chi connectivity index (χ3n) is 4.24. The number of hydrogen-bond acceptors (Lipinski definition) is 8. The van der Waals surface area contributed by atoms with Crippen molar-refractivity contribution in [3.8, 4) is 11.5 Å². The number of nitrogen functional groups attached to an aromatic ring is 2. The van der Waals surface area contributed by atoms with E-state index in [2.05, 4.69) is 24.8 Å². The number of nitrogens with two attached hydrogens (primary N) is 2. The van der Waals surface area contributed by atoms with E-state index in [1.54, 1.807) is 0 Å². The molecule has 0 aliphatic heterocycles. The Hall–Kier alpha value is -4.28. The lowest BCUT2D eigenvalue weighted by molar-refractivity contribution is 0.180. The maximum Gasteiger partial charge on any atom is 0.413 e. The molecule has 0 fully saturated rings. The smallest absolute Gasteiger partial charge is 0.413 e. The predicted molar refractivity (Wildman–Crippen MR) is 114 cm³/mol. The highest BCUT2D eigenvalue weighted by molar-refractivity contribution is 5.96. The summed E-state index contributed by atoms with van der Waals surface area (Å²) in [7, 11) is 2.51. The number of rotatable bonds is 4. The lowest BCUT2D eigenvalue weighted by Gasteiger charge is -2.18. The molecule has 31 heavy (non-hydrogen) atoms. The molecule has 0 radical (unpaired) electrons. The van der Waals surface area contributed by atoms with Gasteiger partial charge in [-0.15, -0.1) is 0 Å². The fourth-order valence-corrected chi connectivity index (χ4v) is 2.84. The molecule has 4 aromatic rings. The number of halogens is 1. The molecule has 0 atom stereocenters. The Kier molecular flexibility index (Phi) is 3.51. The van der Waals surface area contributed by atoms with E-state index < -0.39 is 48.1 Å². The minimum Gasteiger partial charge on any atom is -0.452 e. The standard InChI is InChI=1S/C20H19FN8O2/c1-28(20(30)31-2)15-16(22)25-18(26-17(15)23)14-12-7-5-9-24-19(12)29(27-14)10-11-6-3-4-8-13(11)21/h3-9H,10H2,1-2H3,(H4,22,23,25,26)/i3D,4D,6D,8D,10D2. The Morgan fingerprint density at radius 2 is 2.03 bits per heavy atom. The van der Waals surface area contributed by atoms with Crippen molar-refractivity contribution in [3.05, 3.63) is 53.9 Å². The molecule has 158 valence electrons. The lowest BCUT2D eigenvalue weighted by atomic mass is 10.2. The van der Waals surface area contributed by atoms with E-state index in [0.29, 0.717) is 4.68 Å². The van der Waals surface area contributed by atoms with E-state index in [-0.39, 0.29) is 39.9 Å². The third kappa shape index (κ3) is 3.56. The molecule has 4 N–H and O–H groups in total. The van der Waals surface area contributed by atoms with Gasteiger partial charge in [-0.25, -0.2) is 28.8 Å². The van der Waals surface area contributed by atoms with Crippen molar-refractivity contribution >= 4 is 34.4 Å². The van der Waals surface area contributed by atoms with Gasteiger partial charge in [-0.05, 0) is 18.2 Å². The van der Waals surface area contributed by atoms with Crippen LogP contribution in [0.2, 0.25) is 0 Å². The zero-order chi connectivity index (χ0) is 27.4. The molecule has 4 rings (SSSR count). The van der Waals surface area contributed by atoms with Crippen LogP contribution in [0.25, 0.3) is 22.6 Å². The largest absolute Gasteiger partial charge is 0.452 e. The second kappa shape index (κ2) is 7.86. The summed E-state index contributed by atoms with van der Waals surface area (Å²) in [5.74, 6) is -2.07. The molecule has 0 bridgehead atoms. The molecule has 0 aliphatic rings. The van der Waals surface area contributed by atoms with Gasteiger partial charge in [-0.2, -0.15) is 5.10 Å². The summed E-state index contributed by atoms with van der Waals surface area (Å²) in [6.45, 7) is -2.94. The van der Waals surface area contributed by atoms with Crippen LogP contribution in [-0.2, 0) is 11.2 Å². The highest BCUT2D eigenvalue weighted by Gasteiger charge is 2.23. The summed E-state index contributed by atoms with van der Waals surface area (Å²) in [5, 5.41) is 4.41. The SMILES string of the molecule is [2H]c1c([2H])c([2H])c(C([2H])([2H])n2nc(-c3nc(N)c(N(C)C(=O)OC)c(N)n3)c3cccnc32)c(F)c1[2H]. The Morgan fingerprint density at radius 1 is 1.32 bits per heavy atom. The lowest BCUT2D eigenvalue weighted by Crippen LogP contribution is -2.28. The number of anilines is 3. The molecule has 0 saturated carbocycles. The number of aromatic nitrogens is 5. The Bertz CT molecular complexity index is 1530. The number of amides is 1. The summed E-state index contributed by atoms with van der Waals surface area (Å²) in [5.41, 5.74) is 10.9. The van der Waals surface area contributed by atoms with Crippen molar-refractivity contribution in [2.24, 2.45) is 0 Å². The van der Waals surface area contributed by atoms with Crippen LogP contribution in [0.1, 0.15) is 13.8 Å². The maximum atomic E-state index is 15.0. The molecule has 10 nitrogen and oxygen atoms in total. The van der Waals surface area contributed by atoms with E-state index in [1.165, 1.54) is 25.4 Å². The molecule has 1 amide bonds. The molecule has 0 spiro atoms. The highest BCUT2D eigenvalue weighted by atomic mass is 19.1. The highest BCUT2D eigenvalue weighted by Crippen LogP contribution is 2.32. The zero-order valence-corrected chi connectivity index (χ0v) is 16.3. The van der Waals surface area contributed by atoms with Crippen LogP contribution in [-0.4, -0.2) is 45.0 Å². The van der Waals surface area contributed by atoms with Crippen LogP contribution >= 0.6 is 0 Å². The fourth-order valence-electron chi connectivity index (χ4n) is 2.84. The molecule has 1 aromatic carbocycles. The van der Waals surface area contributed by atoms with E-state index >= 15 is 4.39 Å². The number of pyridine rings is 1. The molecule has 0 aliphatic carbocycles. The zero-order valence-electron chi connectivity index (χ0n) is 22.3. The van der Waals surface area contributed by atoms with E-state index in [9.17, 15) is 4.79 Å². The van der Waals surface area contributed by atoms with Gasteiger partial charge in [0.1, 0.15) is 17.2 Å². The van der Waals surface area contributed by atoms with E-state index in [4.69, 9.17) is 19.7 Å². The first-order valence-electron chi connectivity index (χ1n) is 11.7. The number of hydrogen-bond donors (Lipinski definition) is 2. The van der Waals surface area contributed by atoms with E-state index in [0.717, 1.165) is 12.0 Å². The number of nitrogens with zero attached hydrogens (tertiary/aromatic N) is 6. The van der Waals surface area contributed by atoms with Crippen molar-refractivity contribution in [1.82, 2.24) is 24.7 Å². The molecular formula is C20H19FN8O2. The van der Waals surface area contributed by atoms with Crippen molar-refractivity contribution in [2.75, 3.05) is 30.5 Å². The van der Waals surface area contributed by atoms with Gasteiger partial charge >= 0.3 is 6.09 Å². The first-order chi connectivity index (χ1) is 17.3. The minimum atomic E-state index is -2.94. The first kappa shape index (κ1) is 13.9. The van der Waals surface area contributed by atoms with Crippen molar-refractivity contribution in [3.63, 3.8) is 0 Å². The van der Waals surface area contributed by atoms with Gasteiger partial charge in [0.2, 0.25) is 0 Å². The maximum absolute atomic E-state index is 15.0. The van der Waals surface area contributed by atoms with Crippen molar-refractivity contribution in [1.29, 1.82) is 0 Å². The van der Waals surface area contributed by atoms with Crippen LogP contribution in [0, 0.1) is 5.82 Å². The Morgan fingerprint density at radius 3 is 2.74 bits per heavy atom. The summed E-state index contributed by atoms with van der Waals surface area (Å²) >= 11 is 0. The van der Waals surface area contributed by atoms with Gasteiger partial charge in [0.25, 0.3) is 0 Å². The first-order valence-corrected chi connectivity index (χ1v) is 8.68. The monoisotopic (exact) mass is 428 g/mol. The Labute approximate surface area is 184 Å². The molecule has 11 heteroatoms. The van der Waals surface area contributed by atoms with Crippen molar-refractivity contribution in [2.45, 2.75) is 6.50 Å². The van der Waals surface area contributed by atoms with E-state index in [1.807, 2.05) is 0 Å². The van der Waals surface area contributed by atoms with Crippen LogP contribution in [0.5, 0.6) is 0 Å². The third-order valence-corrected chi connectivity index (χ3v) is 4.24. The number of fused-ring (bicyclic) bond motifs is 1. The summed E-state index contributed by atoms with van der Waals surface area (Å²) in [6, 6.07) is -0.567. The molecule has 3 aromatic heterocycles. The quantitative estimate of drug-likeness (QED) is 0.505. The van der Waals surface area contributed by atoms with Crippen LogP contribution < -0.4 is 16.4 Å². The molecule has 3 heterocycles. The van der Waals surface area contributed by atoms with Gasteiger partial charge in [0.15, 0.2) is 23.1 Å². The van der Waals surface area contributed by atoms with Gasteiger partial charge < -0.3 is 16.2 Å². The average molecular weight is 428 g/mol. The minimum absolute atomic E-state index is 0.0323. The molecule has 0 unspecified atom stereocenters. The fraction of sp³-hybridized carbons (Fsp3) is 0.150. The Balaban J connectivity index is 1.96. The van der Waals surface area contributed by atoms with Gasteiger partial charge in [0.05, 0.1) is 27.2 Å². The van der Waals surface area contributed by atoms with Crippen molar-refractivity contribution < 1.29 is 22.1 Å². The predicted octanol–water partition coefficient (Wildman–Crippen LogP) is 2.44. The van der Waals surface area contributed by atoms with Gasteiger partial charge in [0, 0.05) is 18.8 Å².